The van der Waals surface area contributed by atoms with Crippen LogP contribution in [0.15, 0.2) is 30.3 Å². The second-order valence-electron chi connectivity index (χ2n) is 5.71. The molecule has 1 aromatic carbocycles. The molecule has 1 heterocycles. The van der Waals surface area contributed by atoms with Gasteiger partial charge in [0.25, 0.3) is 0 Å². The van der Waals surface area contributed by atoms with Gasteiger partial charge in [0.15, 0.2) is 0 Å². The van der Waals surface area contributed by atoms with Gasteiger partial charge in [0.05, 0.1) is 24.7 Å². The van der Waals surface area contributed by atoms with E-state index in [1.807, 2.05) is 56.0 Å². The van der Waals surface area contributed by atoms with Gasteiger partial charge in [-0.05, 0) is 19.4 Å². The summed E-state index contributed by atoms with van der Waals surface area (Å²) in [6.07, 6.45) is 0.0929. The predicted molar refractivity (Wildman–Crippen MR) is 86.4 cm³/mol. The zero-order valence-corrected chi connectivity index (χ0v) is 13.7. The maximum Gasteiger partial charge on any atom is 0.227 e. The van der Waals surface area contributed by atoms with Crippen LogP contribution < -0.4 is 5.73 Å². The zero-order chi connectivity index (χ0) is 14.7. The number of amides is 1. The van der Waals surface area contributed by atoms with Crippen LogP contribution in [0.5, 0.6) is 0 Å². The monoisotopic (exact) mass is 312 g/mol. The number of halogens is 1. The fourth-order valence-electron chi connectivity index (χ4n) is 2.59. The van der Waals surface area contributed by atoms with E-state index in [1.54, 1.807) is 0 Å². The van der Waals surface area contributed by atoms with Gasteiger partial charge in [0.2, 0.25) is 5.91 Å². The SMILES string of the molecule is CC1CN(C(=O)C(C)C(N)c2ccccc2)C(C)CO1.Cl. The fourth-order valence-corrected chi connectivity index (χ4v) is 2.59. The molecule has 1 fully saturated rings. The van der Waals surface area contributed by atoms with Crippen molar-refractivity contribution in [3.63, 3.8) is 0 Å². The minimum atomic E-state index is -0.269. The highest BCUT2D eigenvalue weighted by Crippen LogP contribution is 2.23. The molecular formula is C16H25ClN2O2. The third kappa shape index (κ3) is 4.19. The van der Waals surface area contributed by atoms with E-state index in [1.165, 1.54) is 0 Å². The largest absolute Gasteiger partial charge is 0.375 e. The van der Waals surface area contributed by atoms with E-state index in [4.69, 9.17) is 10.5 Å². The summed E-state index contributed by atoms with van der Waals surface area (Å²) in [5.74, 6) is -0.117. The molecule has 0 saturated carbocycles. The fraction of sp³-hybridized carbons (Fsp3) is 0.562. The highest BCUT2D eigenvalue weighted by molar-refractivity contribution is 5.85. The Bertz CT molecular complexity index is 455. The summed E-state index contributed by atoms with van der Waals surface area (Å²) in [4.78, 5) is 14.6. The van der Waals surface area contributed by atoms with E-state index < -0.39 is 0 Å². The highest BCUT2D eigenvalue weighted by atomic mass is 35.5. The summed E-state index contributed by atoms with van der Waals surface area (Å²) in [5.41, 5.74) is 7.25. The lowest BCUT2D eigenvalue weighted by atomic mass is 9.93. The lowest BCUT2D eigenvalue weighted by Gasteiger charge is -2.39. The molecule has 0 radical (unpaired) electrons. The van der Waals surface area contributed by atoms with Crippen molar-refractivity contribution in [1.82, 2.24) is 4.90 Å². The van der Waals surface area contributed by atoms with Crippen LogP contribution in [0.25, 0.3) is 0 Å². The third-order valence-corrected chi connectivity index (χ3v) is 4.00. The Kier molecular flexibility index (Phi) is 6.65. The maximum absolute atomic E-state index is 12.7. The topological polar surface area (TPSA) is 55.6 Å². The highest BCUT2D eigenvalue weighted by Gasteiger charge is 2.32. The molecule has 1 aromatic rings. The van der Waals surface area contributed by atoms with Crippen LogP contribution in [-0.4, -0.2) is 36.1 Å². The smallest absolute Gasteiger partial charge is 0.227 e. The van der Waals surface area contributed by atoms with E-state index in [9.17, 15) is 4.79 Å². The zero-order valence-electron chi connectivity index (χ0n) is 12.9. The molecule has 0 aliphatic carbocycles. The van der Waals surface area contributed by atoms with Gasteiger partial charge in [-0.3, -0.25) is 4.79 Å². The Balaban J connectivity index is 0.00000220. The number of ether oxygens (including phenoxy) is 1. The van der Waals surface area contributed by atoms with Gasteiger partial charge in [0, 0.05) is 12.6 Å². The van der Waals surface area contributed by atoms with E-state index in [2.05, 4.69) is 0 Å². The predicted octanol–water partition coefficient (Wildman–Crippen LogP) is 2.38. The number of carbonyl (C=O) groups excluding carboxylic acids is 1. The minimum Gasteiger partial charge on any atom is -0.375 e. The molecule has 0 spiro atoms. The Morgan fingerprint density at radius 3 is 2.57 bits per heavy atom. The average Bonchev–Trinajstić information content (AvgIpc) is 2.48. The second kappa shape index (κ2) is 7.78. The first-order valence-corrected chi connectivity index (χ1v) is 7.23. The molecule has 5 heteroatoms. The summed E-state index contributed by atoms with van der Waals surface area (Å²) in [6, 6.07) is 9.64. The Labute approximate surface area is 133 Å². The summed E-state index contributed by atoms with van der Waals surface area (Å²) < 4.78 is 5.57. The molecule has 4 nitrogen and oxygen atoms in total. The van der Waals surface area contributed by atoms with Crippen LogP contribution in [-0.2, 0) is 9.53 Å². The van der Waals surface area contributed by atoms with Crippen LogP contribution in [0.3, 0.4) is 0 Å². The van der Waals surface area contributed by atoms with E-state index in [0.717, 1.165) is 5.56 Å². The molecule has 1 aliphatic rings. The first kappa shape index (κ1) is 18.0. The number of nitrogens with two attached hydrogens (primary N) is 1. The van der Waals surface area contributed by atoms with Crippen LogP contribution in [0.2, 0.25) is 0 Å². The van der Waals surface area contributed by atoms with Crippen LogP contribution in [0.1, 0.15) is 32.4 Å². The molecule has 1 amide bonds. The summed E-state index contributed by atoms with van der Waals surface area (Å²) in [7, 11) is 0. The normalized spacial score (nSPS) is 24.9. The standard InChI is InChI=1S/C16H24N2O2.ClH/c1-11-10-20-12(2)9-18(11)16(19)13(3)15(17)14-7-5-4-6-8-14;/h4-8,11-13,15H,9-10,17H2,1-3H3;1H. The van der Waals surface area contributed by atoms with Gasteiger partial charge in [-0.25, -0.2) is 0 Å². The van der Waals surface area contributed by atoms with Crippen molar-refractivity contribution in [3.05, 3.63) is 35.9 Å². The van der Waals surface area contributed by atoms with Gasteiger partial charge in [-0.2, -0.15) is 0 Å². The molecule has 1 aliphatic heterocycles. The molecule has 21 heavy (non-hydrogen) atoms. The molecule has 118 valence electrons. The molecule has 0 bridgehead atoms. The first-order valence-electron chi connectivity index (χ1n) is 7.23. The van der Waals surface area contributed by atoms with Crippen LogP contribution in [0.4, 0.5) is 0 Å². The van der Waals surface area contributed by atoms with Crippen molar-refractivity contribution in [2.45, 2.75) is 39.0 Å². The van der Waals surface area contributed by atoms with Crippen molar-refractivity contribution in [1.29, 1.82) is 0 Å². The minimum absolute atomic E-state index is 0. The van der Waals surface area contributed by atoms with Crippen LogP contribution >= 0.6 is 12.4 Å². The van der Waals surface area contributed by atoms with Crippen molar-refractivity contribution >= 4 is 18.3 Å². The van der Waals surface area contributed by atoms with E-state index in [0.29, 0.717) is 13.2 Å². The number of hydrogen-bond acceptors (Lipinski definition) is 3. The number of rotatable bonds is 3. The second-order valence-corrected chi connectivity index (χ2v) is 5.71. The first-order chi connectivity index (χ1) is 9.50. The molecule has 4 unspecified atom stereocenters. The molecule has 1 saturated heterocycles. The molecule has 2 rings (SSSR count). The Morgan fingerprint density at radius 2 is 1.95 bits per heavy atom. The molecular weight excluding hydrogens is 288 g/mol. The number of carbonyl (C=O) groups is 1. The van der Waals surface area contributed by atoms with Crippen molar-refractivity contribution < 1.29 is 9.53 Å². The van der Waals surface area contributed by atoms with Gasteiger partial charge >= 0.3 is 0 Å². The lowest BCUT2D eigenvalue weighted by molar-refractivity contribution is -0.147. The quantitative estimate of drug-likeness (QED) is 0.932. The van der Waals surface area contributed by atoms with Crippen LogP contribution in [0, 0.1) is 5.92 Å². The molecule has 4 atom stereocenters. The maximum atomic E-state index is 12.7. The van der Waals surface area contributed by atoms with Gasteiger partial charge in [-0.15, -0.1) is 12.4 Å². The Hall–Kier alpha value is -1.10. The Morgan fingerprint density at radius 1 is 1.33 bits per heavy atom. The van der Waals surface area contributed by atoms with E-state index in [-0.39, 0.29) is 42.4 Å². The summed E-state index contributed by atoms with van der Waals surface area (Å²) in [6.45, 7) is 7.16. The van der Waals surface area contributed by atoms with Gasteiger partial charge in [0.1, 0.15) is 0 Å². The summed E-state index contributed by atoms with van der Waals surface area (Å²) >= 11 is 0. The lowest BCUT2D eigenvalue weighted by Crippen LogP contribution is -2.52. The summed E-state index contributed by atoms with van der Waals surface area (Å²) in [5, 5.41) is 0. The number of benzene rings is 1. The number of nitrogens with zero attached hydrogens (tertiary/aromatic N) is 1. The molecule has 0 aromatic heterocycles. The van der Waals surface area contributed by atoms with Gasteiger partial charge in [-0.1, -0.05) is 37.3 Å². The number of morpholine rings is 1. The molecule has 2 N–H and O–H groups in total. The van der Waals surface area contributed by atoms with E-state index >= 15 is 0 Å². The van der Waals surface area contributed by atoms with Crippen molar-refractivity contribution in [2.75, 3.05) is 13.2 Å². The van der Waals surface area contributed by atoms with Gasteiger partial charge < -0.3 is 15.4 Å². The average molecular weight is 313 g/mol. The van der Waals surface area contributed by atoms with Crippen molar-refractivity contribution in [3.8, 4) is 0 Å². The number of hydrogen-bond donors (Lipinski definition) is 1. The third-order valence-electron chi connectivity index (χ3n) is 4.00. The van der Waals surface area contributed by atoms with Crippen molar-refractivity contribution in [2.24, 2.45) is 11.7 Å².